The minimum Gasteiger partial charge on any atom is -0.383 e. The van der Waals surface area contributed by atoms with Crippen LogP contribution in [0.3, 0.4) is 0 Å². The number of hydrogen-bond acceptors (Lipinski definition) is 3. The number of hydrogen-bond donors (Lipinski definition) is 1. The highest BCUT2D eigenvalue weighted by Gasteiger charge is 2.16. The Morgan fingerprint density at radius 3 is 2.80 bits per heavy atom. The zero-order chi connectivity index (χ0) is 18.1. The molecular formula is C19H26N4O2. The monoisotopic (exact) mass is 342 g/mol. The van der Waals surface area contributed by atoms with Crippen molar-refractivity contribution in [3.8, 4) is 0 Å². The lowest BCUT2D eigenvalue weighted by molar-refractivity contribution is 0.153. The van der Waals surface area contributed by atoms with Crippen LogP contribution in [0.1, 0.15) is 24.1 Å². The van der Waals surface area contributed by atoms with Crippen molar-refractivity contribution in [1.29, 1.82) is 0 Å². The first-order valence-corrected chi connectivity index (χ1v) is 8.34. The zero-order valence-corrected chi connectivity index (χ0v) is 15.1. The van der Waals surface area contributed by atoms with Crippen LogP contribution in [0.5, 0.6) is 0 Å². The Balaban J connectivity index is 1.95. The molecule has 0 radical (unpaired) electrons. The van der Waals surface area contributed by atoms with Crippen molar-refractivity contribution < 1.29 is 9.53 Å². The smallest absolute Gasteiger partial charge is 0.318 e. The molecule has 0 fully saturated rings. The summed E-state index contributed by atoms with van der Waals surface area (Å²) < 4.78 is 6.85. The summed E-state index contributed by atoms with van der Waals surface area (Å²) in [6, 6.07) is 9.79. The number of aryl methyl sites for hydroxylation is 1. The molecule has 2 aromatic rings. The molecule has 1 aromatic carbocycles. The first kappa shape index (κ1) is 18.7. The maximum Gasteiger partial charge on any atom is 0.318 e. The molecule has 2 rings (SSSR count). The van der Waals surface area contributed by atoms with E-state index in [1.54, 1.807) is 22.9 Å². The number of aromatic nitrogens is 2. The van der Waals surface area contributed by atoms with E-state index in [-0.39, 0.29) is 12.1 Å². The first-order chi connectivity index (χ1) is 12.1. The van der Waals surface area contributed by atoms with Crippen molar-refractivity contribution in [3.05, 3.63) is 59.9 Å². The maximum absolute atomic E-state index is 12.6. The topological polar surface area (TPSA) is 59.4 Å². The summed E-state index contributed by atoms with van der Waals surface area (Å²) in [5.74, 6) is 0. The summed E-state index contributed by atoms with van der Waals surface area (Å²) in [5, 5.41) is 7.15. The van der Waals surface area contributed by atoms with Crippen molar-refractivity contribution in [2.75, 3.05) is 26.8 Å². The van der Waals surface area contributed by atoms with E-state index in [0.717, 1.165) is 11.1 Å². The van der Waals surface area contributed by atoms with Gasteiger partial charge in [0.15, 0.2) is 0 Å². The molecule has 134 valence electrons. The second-order valence-corrected chi connectivity index (χ2v) is 5.87. The molecule has 2 amide bonds. The number of carbonyl (C=O) groups excluding carboxylic acids is 1. The van der Waals surface area contributed by atoms with E-state index in [1.165, 1.54) is 0 Å². The number of benzene rings is 1. The SMILES string of the molecule is COCCN(C/C=C/c1ccccc1)C(=O)N[C@@H](C)c1cnn(C)c1. The number of methoxy groups -OCH3 is 1. The van der Waals surface area contributed by atoms with Crippen LogP contribution in [-0.2, 0) is 11.8 Å². The molecular weight excluding hydrogens is 316 g/mol. The summed E-state index contributed by atoms with van der Waals surface area (Å²) in [7, 11) is 3.49. The van der Waals surface area contributed by atoms with E-state index >= 15 is 0 Å². The number of nitrogens with one attached hydrogen (secondary N) is 1. The fraction of sp³-hybridized carbons (Fsp3) is 0.368. The standard InChI is InChI=1S/C19H26N4O2/c1-16(18-14-20-22(2)15-18)21-19(24)23(12-13-25-3)11-7-10-17-8-5-4-6-9-17/h4-10,14-16H,11-13H2,1-3H3,(H,21,24)/b10-7+/t16-/m0/s1. The van der Waals surface area contributed by atoms with Gasteiger partial charge in [-0.05, 0) is 12.5 Å². The lowest BCUT2D eigenvalue weighted by Gasteiger charge is -2.23. The van der Waals surface area contributed by atoms with Crippen molar-refractivity contribution in [1.82, 2.24) is 20.0 Å². The van der Waals surface area contributed by atoms with Crippen LogP contribution in [0.25, 0.3) is 6.08 Å². The fourth-order valence-corrected chi connectivity index (χ4v) is 2.38. The number of amides is 2. The maximum atomic E-state index is 12.6. The van der Waals surface area contributed by atoms with Crippen LogP contribution in [-0.4, -0.2) is 47.5 Å². The second-order valence-electron chi connectivity index (χ2n) is 5.87. The number of urea groups is 1. The van der Waals surface area contributed by atoms with E-state index < -0.39 is 0 Å². The van der Waals surface area contributed by atoms with Crippen molar-refractivity contribution in [2.45, 2.75) is 13.0 Å². The molecule has 1 atom stereocenters. The average molecular weight is 342 g/mol. The van der Waals surface area contributed by atoms with E-state index in [1.807, 2.05) is 62.7 Å². The molecule has 6 nitrogen and oxygen atoms in total. The number of nitrogens with zero attached hydrogens (tertiary/aromatic N) is 3. The molecule has 0 spiro atoms. The summed E-state index contributed by atoms with van der Waals surface area (Å²) >= 11 is 0. The van der Waals surface area contributed by atoms with Crippen LogP contribution >= 0.6 is 0 Å². The van der Waals surface area contributed by atoms with Crippen molar-refractivity contribution in [3.63, 3.8) is 0 Å². The lowest BCUT2D eigenvalue weighted by atomic mass is 10.2. The van der Waals surface area contributed by atoms with Crippen LogP contribution in [0.15, 0.2) is 48.8 Å². The molecule has 0 aliphatic heterocycles. The lowest BCUT2D eigenvalue weighted by Crippen LogP contribution is -2.42. The second kappa shape index (κ2) is 9.64. The minimum atomic E-state index is -0.119. The molecule has 1 N–H and O–H groups in total. The summed E-state index contributed by atoms with van der Waals surface area (Å²) in [4.78, 5) is 14.3. The Morgan fingerprint density at radius 1 is 1.40 bits per heavy atom. The van der Waals surface area contributed by atoms with Gasteiger partial charge in [-0.25, -0.2) is 4.79 Å². The molecule has 25 heavy (non-hydrogen) atoms. The molecule has 0 saturated carbocycles. The molecule has 1 heterocycles. The van der Waals surface area contributed by atoms with Gasteiger partial charge in [-0.15, -0.1) is 0 Å². The van der Waals surface area contributed by atoms with Gasteiger partial charge >= 0.3 is 6.03 Å². The van der Waals surface area contributed by atoms with Gasteiger partial charge in [0, 0.05) is 39.0 Å². The van der Waals surface area contributed by atoms with Crippen LogP contribution in [0.4, 0.5) is 4.79 Å². The molecule has 1 aromatic heterocycles. The van der Waals surface area contributed by atoms with E-state index in [9.17, 15) is 4.79 Å². The third-order valence-electron chi connectivity index (χ3n) is 3.85. The van der Waals surface area contributed by atoms with Gasteiger partial charge in [-0.2, -0.15) is 5.10 Å². The van der Waals surface area contributed by atoms with Gasteiger partial charge in [0.05, 0.1) is 18.8 Å². The summed E-state index contributed by atoms with van der Waals surface area (Å²) in [6.07, 6.45) is 7.66. The van der Waals surface area contributed by atoms with Gasteiger partial charge in [0.25, 0.3) is 0 Å². The van der Waals surface area contributed by atoms with Gasteiger partial charge in [-0.1, -0.05) is 42.5 Å². The summed E-state index contributed by atoms with van der Waals surface area (Å²) in [5.41, 5.74) is 2.08. The highest BCUT2D eigenvalue weighted by atomic mass is 16.5. The Bertz CT molecular complexity index is 682. The summed E-state index contributed by atoms with van der Waals surface area (Å²) in [6.45, 7) is 3.49. The van der Waals surface area contributed by atoms with E-state index in [2.05, 4.69) is 10.4 Å². The fourth-order valence-electron chi connectivity index (χ4n) is 2.38. The van der Waals surface area contributed by atoms with Gasteiger partial charge in [-0.3, -0.25) is 4.68 Å². The quantitative estimate of drug-likeness (QED) is 0.802. The highest BCUT2D eigenvalue weighted by Crippen LogP contribution is 2.11. The molecule has 0 unspecified atom stereocenters. The third-order valence-corrected chi connectivity index (χ3v) is 3.85. The van der Waals surface area contributed by atoms with Gasteiger partial charge in [0.1, 0.15) is 0 Å². The normalized spacial score (nSPS) is 12.3. The van der Waals surface area contributed by atoms with Crippen molar-refractivity contribution in [2.24, 2.45) is 7.05 Å². The number of rotatable bonds is 8. The molecule has 6 heteroatoms. The van der Waals surface area contributed by atoms with Crippen LogP contribution in [0.2, 0.25) is 0 Å². The minimum absolute atomic E-state index is 0.107. The molecule has 0 aliphatic carbocycles. The Hall–Kier alpha value is -2.60. The highest BCUT2D eigenvalue weighted by molar-refractivity contribution is 5.75. The molecule has 0 saturated heterocycles. The number of ether oxygens (including phenoxy) is 1. The largest absolute Gasteiger partial charge is 0.383 e. The Labute approximate surface area is 149 Å². The number of carbonyl (C=O) groups is 1. The van der Waals surface area contributed by atoms with Crippen molar-refractivity contribution >= 4 is 12.1 Å². The van der Waals surface area contributed by atoms with Gasteiger partial charge < -0.3 is 15.0 Å². The Kier molecular flexibility index (Phi) is 7.22. The van der Waals surface area contributed by atoms with Gasteiger partial charge in [0.2, 0.25) is 0 Å². The first-order valence-electron chi connectivity index (χ1n) is 8.34. The predicted octanol–water partition coefficient (Wildman–Crippen LogP) is 2.85. The molecule has 0 bridgehead atoms. The third kappa shape index (κ3) is 6.08. The zero-order valence-electron chi connectivity index (χ0n) is 15.1. The average Bonchev–Trinajstić information content (AvgIpc) is 3.05. The Morgan fingerprint density at radius 2 is 2.16 bits per heavy atom. The van der Waals surface area contributed by atoms with E-state index in [4.69, 9.17) is 4.74 Å². The van der Waals surface area contributed by atoms with E-state index in [0.29, 0.717) is 19.7 Å². The van der Waals surface area contributed by atoms with Crippen LogP contribution < -0.4 is 5.32 Å². The molecule has 0 aliphatic rings. The van der Waals surface area contributed by atoms with Crippen LogP contribution in [0, 0.1) is 0 Å². The predicted molar refractivity (Wildman–Crippen MR) is 99.1 cm³/mol.